The van der Waals surface area contributed by atoms with Crippen LogP contribution >= 0.6 is 0 Å². The van der Waals surface area contributed by atoms with Crippen LogP contribution in [0.1, 0.15) is 40.0 Å². The molecule has 0 aliphatic rings. The van der Waals surface area contributed by atoms with E-state index < -0.39 is 0 Å². The number of rotatable bonds is 7. The molecule has 0 saturated heterocycles. The summed E-state index contributed by atoms with van der Waals surface area (Å²) in [6.07, 6.45) is 8.51. The van der Waals surface area contributed by atoms with Crippen LogP contribution < -0.4 is 0 Å². The van der Waals surface area contributed by atoms with Gasteiger partial charge in [0, 0.05) is 20.0 Å². The molecule has 1 amide bonds. The lowest BCUT2D eigenvalue weighted by molar-refractivity contribution is -0.293. The van der Waals surface area contributed by atoms with Crippen molar-refractivity contribution in [2.75, 3.05) is 13.6 Å². The van der Waals surface area contributed by atoms with Crippen molar-refractivity contribution in [2.24, 2.45) is 0 Å². The second-order valence-corrected chi connectivity index (χ2v) is 4.65. The van der Waals surface area contributed by atoms with Crippen LogP contribution in [0.5, 0.6) is 0 Å². The van der Waals surface area contributed by atoms with Gasteiger partial charge in [0.25, 0.3) is 0 Å². The minimum absolute atomic E-state index is 0.381. The van der Waals surface area contributed by atoms with Crippen molar-refractivity contribution < 1.29 is 9.63 Å². The Balaban J connectivity index is 3.97. The molecular weight excluding hydrogens is 204 g/mol. The standard InChI is InChI=1S/C12H22N2O2/c1-6-7-8-9-10-13(5)14(11-15)16-12(2,3)4/h1,11H,7-10H2,2-5H3. The fourth-order valence-electron chi connectivity index (χ4n) is 1.12. The predicted octanol–water partition coefficient (Wildman–Crippen LogP) is 1.83. The number of hydrogen-bond acceptors (Lipinski definition) is 3. The second-order valence-electron chi connectivity index (χ2n) is 4.65. The Bertz CT molecular complexity index is 240. The summed E-state index contributed by atoms with van der Waals surface area (Å²) in [4.78, 5) is 16.3. The first-order chi connectivity index (χ1) is 7.40. The van der Waals surface area contributed by atoms with Crippen LogP contribution in [0, 0.1) is 12.3 Å². The van der Waals surface area contributed by atoms with Crippen molar-refractivity contribution in [2.45, 2.75) is 45.6 Å². The smallest absolute Gasteiger partial charge is 0.249 e. The number of hydrazine groups is 1. The average molecular weight is 226 g/mol. The molecule has 16 heavy (non-hydrogen) atoms. The number of carbonyl (C=O) groups is 1. The van der Waals surface area contributed by atoms with Crippen LogP contribution in [0.15, 0.2) is 0 Å². The molecule has 0 aliphatic carbocycles. The van der Waals surface area contributed by atoms with Gasteiger partial charge in [-0.3, -0.25) is 4.79 Å². The van der Waals surface area contributed by atoms with Crippen molar-refractivity contribution in [3.8, 4) is 12.3 Å². The van der Waals surface area contributed by atoms with Gasteiger partial charge in [-0.2, -0.15) is 5.01 Å². The summed E-state index contributed by atoms with van der Waals surface area (Å²) in [7, 11) is 1.82. The van der Waals surface area contributed by atoms with Crippen LogP contribution in [-0.2, 0) is 9.63 Å². The van der Waals surface area contributed by atoms with Crippen molar-refractivity contribution >= 4 is 6.41 Å². The van der Waals surface area contributed by atoms with Crippen molar-refractivity contribution in [1.82, 2.24) is 10.2 Å². The molecule has 0 bridgehead atoms. The summed E-state index contributed by atoms with van der Waals surface area (Å²) in [5.41, 5.74) is -0.381. The van der Waals surface area contributed by atoms with Gasteiger partial charge in [0.2, 0.25) is 6.41 Å². The zero-order valence-corrected chi connectivity index (χ0v) is 10.7. The summed E-state index contributed by atoms with van der Waals surface area (Å²) in [5.74, 6) is 2.59. The predicted molar refractivity (Wildman–Crippen MR) is 64.1 cm³/mol. The number of hydroxylamine groups is 1. The highest BCUT2D eigenvalue weighted by Gasteiger charge is 2.18. The SMILES string of the molecule is C#CCCCCN(C)N(C=O)OC(C)(C)C. The third-order valence-corrected chi connectivity index (χ3v) is 1.85. The molecule has 0 aromatic heterocycles. The van der Waals surface area contributed by atoms with E-state index in [1.165, 1.54) is 5.17 Å². The fraction of sp³-hybridized carbons (Fsp3) is 0.750. The average Bonchev–Trinajstić information content (AvgIpc) is 2.19. The van der Waals surface area contributed by atoms with Gasteiger partial charge >= 0.3 is 0 Å². The maximum Gasteiger partial charge on any atom is 0.249 e. The van der Waals surface area contributed by atoms with Crippen molar-refractivity contribution in [3.05, 3.63) is 0 Å². The Morgan fingerprint density at radius 1 is 1.38 bits per heavy atom. The molecule has 0 fully saturated rings. The molecule has 0 heterocycles. The number of amides is 1. The molecule has 0 radical (unpaired) electrons. The molecule has 0 aliphatic heterocycles. The third-order valence-electron chi connectivity index (χ3n) is 1.85. The molecule has 0 N–H and O–H groups in total. The monoisotopic (exact) mass is 226 g/mol. The molecule has 92 valence electrons. The van der Waals surface area contributed by atoms with Crippen molar-refractivity contribution in [3.63, 3.8) is 0 Å². The van der Waals surface area contributed by atoms with Gasteiger partial charge in [0.15, 0.2) is 0 Å². The minimum atomic E-state index is -0.381. The van der Waals surface area contributed by atoms with Crippen LogP contribution in [0.4, 0.5) is 0 Å². The summed E-state index contributed by atoms with van der Waals surface area (Å²) >= 11 is 0. The Morgan fingerprint density at radius 3 is 2.44 bits per heavy atom. The van der Waals surface area contributed by atoms with Gasteiger partial charge in [-0.25, -0.2) is 4.84 Å². The molecule has 0 aromatic carbocycles. The molecule has 0 aromatic rings. The number of hydrogen-bond donors (Lipinski definition) is 0. The van der Waals surface area contributed by atoms with E-state index >= 15 is 0 Å². The zero-order chi connectivity index (χ0) is 12.6. The molecule has 0 unspecified atom stereocenters. The van der Waals surface area contributed by atoms with Gasteiger partial charge in [0.1, 0.15) is 0 Å². The third kappa shape index (κ3) is 7.27. The van der Waals surface area contributed by atoms with E-state index in [2.05, 4.69) is 5.92 Å². The summed E-state index contributed by atoms with van der Waals surface area (Å²) in [6, 6.07) is 0. The maximum absolute atomic E-state index is 10.8. The first kappa shape index (κ1) is 14.9. The lowest BCUT2D eigenvalue weighted by Crippen LogP contribution is -2.44. The molecule has 0 atom stereocenters. The maximum atomic E-state index is 10.8. The van der Waals surface area contributed by atoms with Gasteiger partial charge in [-0.15, -0.1) is 17.5 Å². The van der Waals surface area contributed by atoms with Gasteiger partial charge in [0.05, 0.1) is 5.60 Å². The Morgan fingerprint density at radius 2 is 2.00 bits per heavy atom. The number of carbonyl (C=O) groups excluding carboxylic acids is 1. The van der Waals surface area contributed by atoms with E-state index in [4.69, 9.17) is 11.3 Å². The number of nitrogens with zero attached hydrogens (tertiary/aromatic N) is 2. The Labute approximate surface area is 98.5 Å². The first-order valence-electron chi connectivity index (χ1n) is 5.49. The number of unbranched alkanes of at least 4 members (excludes halogenated alkanes) is 2. The topological polar surface area (TPSA) is 32.8 Å². The van der Waals surface area contributed by atoms with Crippen LogP contribution in [-0.4, -0.2) is 35.8 Å². The minimum Gasteiger partial charge on any atom is -0.275 e. The highest BCUT2D eigenvalue weighted by Crippen LogP contribution is 2.10. The van der Waals surface area contributed by atoms with Crippen molar-refractivity contribution in [1.29, 1.82) is 0 Å². The first-order valence-corrected chi connectivity index (χ1v) is 5.49. The van der Waals surface area contributed by atoms with E-state index in [9.17, 15) is 4.79 Å². The van der Waals surface area contributed by atoms with Crippen LogP contribution in [0.25, 0.3) is 0 Å². The largest absolute Gasteiger partial charge is 0.275 e. The summed E-state index contributed by atoms with van der Waals surface area (Å²) < 4.78 is 0. The van der Waals surface area contributed by atoms with E-state index in [0.29, 0.717) is 6.41 Å². The second kappa shape index (κ2) is 7.26. The highest BCUT2D eigenvalue weighted by molar-refractivity contribution is 5.44. The van der Waals surface area contributed by atoms with Gasteiger partial charge in [-0.05, 0) is 33.6 Å². The molecule has 0 saturated carbocycles. The normalized spacial score (nSPS) is 11.2. The van der Waals surface area contributed by atoms with Crippen LogP contribution in [0.3, 0.4) is 0 Å². The molecule has 0 rings (SSSR count). The Hall–Kier alpha value is -1.05. The molecular formula is C12H22N2O2. The Kier molecular flexibility index (Phi) is 6.78. The zero-order valence-electron chi connectivity index (χ0n) is 10.7. The quantitative estimate of drug-likeness (QED) is 0.287. The number of terminal acetylenes is 1. The van der Waals surface area contributed by atoms with Gasteiger partial charge < -0.3 is 0 Å². The van der Waals surface area contributed by atoms with Gasteiger partial charge in [-0.1, -0.05) is 0 Å². The molecule has 4 nitrogen and oxygen atoms in total. The molecule has 4 heteroatoms. The van der Waals surface area contributed by atoms with E-state index in [1.807, 2.05) is 27.8 Å². The summed E-state index contributed by atoms with van der Waals surface area (Å²) in [6.45, 7) is 6.44. The highest BCUT2D eigenvalue weighted by atomic mass is 16.7. The lowest BCUT2D eigenvalue weighted by atomic mass is 10.2. The molecule has 0 spiro atoms. The van der Waals surface area contributed by atoms with E-state index in [-0.39, 0.29) is 5.60 Å². The van der Waals surface area contributed by atoms with Crippen LogP contribution in [0.2, 0.25) is 0 Å². The van der Waals surface area contributed by atoms with E-state index in [1.54, 1.807) is 5.01 Å². The fourth-order valence-corrected chi connectivity index (χ4v) is 1.12. The lowest BCUT2D eigenvalue weighted by Gasteiger charge is -2.32. The van der Waals surface area contributed by atoms with E-state index in [0.717, 1.165) is 25.8 Å². The summed E-state index contributed by atoms with van der Waals surface area (Å²) in [5, 5.41) is 2.98.